The molecule has 1 aromatic carbocycles. The van der Waals surface area contributed by atoms with Crippen molar-refractivity contribution in [1.29, 1.82) is 0 Å². The summed E-state index contributed by atoms with van der Waals surface area (Å²) in [6.45, 7) is 0. The first kappa shape index (κ1) is 11.2. The highest BCUT2D eigenvalue weighted by Gasteiger charge is 2.16. The van der Waals surface area contributed by atoms with Crippen LogP contribution in [0.5, 0.6) is 11.5 Å². The number of hydrogen-bond donors (Lipinski definition) is 2. The zero-order valence-corrected chi connectivity index (χ0v) is 9.57. The zero-order valence-electron chi connectivity index (χ0n) is 9.57. The summed E-state index contributed by atoms with van der Waals surface area (Å²) >= 11 is 0. The highest BCUT2D eigenvalue weighted by Crippen LogP contribution is 2.39. The minimum atomic E-state index is -0.581. The molecule has 6 heteroatoms. The minimum absolute atomic E-state index is 0.0745. The van der Waals surface area contributed by atoms with Crippen LogP contribution in [0, 0.1) is 0 Å². The summed E-state index contributed by atoms with van der Waals surface area (Å²) in [6, 6.07) is 3.79. The summed E-state index contributed by atoms with van der Waals surface area (Å²) in [4.78, 5) is 19.3. The molecule has 94 valence electrons. The lowest BCUT2D eigenvalue weighted by atomic mass is 10.1. The Morgan fingerprint density at radius 2 is 1.95 bits per heavy atom. The molecule has 0 aliphatic heterocycles. The molecule has 6 nitrogen and oxygen atoms in total. The van der Waals surface area contributed by atoms with Gasteiger partial charge in [0.1, 0.15) is 11.5 Å². The smallest absolute Gasteiger partial charge is 0.336 e. The maximum atomic E-state index is 11.3. The van der Waals surface area contributed by atoms with Crippen molar-refractivity contribution in [2.24, 2.45) is 0 Å². The van der Waals surface area contributed by atoms with Crippen molar-refractivity contribution in [1.82, 2.24) is 9.97 Å². The number of aromatic nitrogens is 2. The third kappa shape index (κ3) is 1.79. The maximum Gasteiger partial charge on any atom is 0.336 e. The number of benzene rings is 1. The van der Waals surface area contributed by atoms with Gasteiger partial charge in [-0.05, 0) is 6.07 Å². The molecule has 0 atom stereocenters. The van der Waals surface area contributed by atoms with Gasteiger partial charge in [-0.25, -0.2) is 4.79 Å². The molecule has 0 saturated carbocycles. The van der Waals surface area contributed by atoms with Gasteiger partial charge in [-0.15, -0.1) is 0 Å². The van der Waals surface area contributed by atoms with Crippen molar-refractivity contribution in [3.63, 3.8) is 0 Å². The van der Waals surface area contributed by atoms with Crippen LogP contribution in [0.3, 0.4) is 0 Å². The van der Waals surface area contributed by atoms with E-state index in [1.165, 1.54) is 36.8 Å². The quantitative estimate of drug-likeness (QED) is 0.643. The number of fused-ring (bicyclic) bond motifs is 1. The Kier molecular flexibility index (Phi) is 2.42. The molecular formula is C13H8N2O4. The summed E-state index contributed by atoms with van der Waals surface area (Å²) in [5, 5.41) is 20.0. The van der Waals surface area contributed by atoms with Crippen LogP contribution >= 0.6 is 0 Å². The van der Waals surface area contributed by atoms with Crippen molar-refractivity contribution in [2.45, 2.75) is 0 Å². The van der Waals surface area contributed by atoms with Crippen LogP contribution < -0.4 is 5.63 Å². The Labute approximate surface area is 106 Å². The zero-order chi connectivity index (χ0) is 13.4. The summed E-state index contributed by atoms with van der Waals surface area (Å²) < 4.78 is 5.07. The minimum Gasteiger partial charge on any atom is -0.507 e. The Morgan fingerprint density at radius 1 is 1.11 bits per heavy atom. The fraction of sp³-hybridized carbons (Fsp3) is 0. The predicted octanol–water partition coefficient (Wildman–Crippen LogP) is 1.66. The molecule has 0 amide bonds. The molecule has 0 aliphatic rings. The van der Waals surface area contributed by atoms with Crippen molar-refractivity contribution in [3.05, 3.63) is 47.2 Å². The Morgan fingerprint density at radius 3 is 2.68 bits per heavy atom. The first-order valence-electron chi connectivity index (χ1n) is 5.42. The lowest BCUT2D eigenvalue weighted by Gasteiger charge is -2.08. The second-order valence-corrected chi connectivity index (χ2v) is 3.88. The maximum absolute atomic E-state index is 11.3. The van der Waals surface area contributed by atoms with Gasteiger partial charge in [0.25, 0.3) is 0 Å². The van der Waals surface area contributed by atoms with E-state index in [0.29, 0.717) is 11.1 Å². The fourth-order valence-electron chi connectivity index (χ4n) is 1.88. The molecule has 0 saturated heterocycles. The third-order valence-electron chi connectivity index (χ3n) is 2.69. The van der Waals surface area contributed by atoms with Crippen LogP contribution in [0.15, 0.2) is 46.0 Å². The van der Waals surface area contributed by atoms with Gasteiger partial charge < -0.3 is 14.6 Å². The molecule has 0 radical (unpaired) electrons. The number of hydrogen-bond acceptors (Lipinski definition) is 6. The van der Waals surface area contributed by atoms with Gasteiger partial charge in [-0.1, -0.05) is 0 Å². The Balaban J connectivity index is 2.47. The number of rotatable bonds is 1. The SMILES string of the molecule is O=c1ccc2c(O)cc(O)c(-c3cnccn3)c2o1. The number of nitrogens with zero attached hydrogens (tertiary/aromatic N) is 2. The van der Waals surface area contributed by atoms with E-state index >= 15 is 0 Å². The fourth-order valence-corrected chi connectivity index (χ4v) is 1.88. The van der Waals surface area contributed by atoms with Crippen molar-refractivity contribution in [3.8, 4) is 22.8 Å². The van der Waals surface area contributed by atoms with Gasteiger partial charge in [-0.3, -0.25) is 9.97 Å². The lowest BCUT2D eigenvalue weighted by molar-refractivity contribution is 0.452. The van der Waals surface area contributed by atoms with E-state index < -0.39 is 5.63 Å². The molecule has 2 heterocycles. The van der Waals surface area contributed by atoms with Gasteiger partial charge in [0.2, 0.25) is 0 Å². The molecule has 0 unspecified atom stereocenters. The van der Waals surface area contributed by atoms with Crippen LogP contribution in [-0.4, -0.2) is 20.2 Å². The summed E-state index contributed by atoms with van der Waals surface area (Å²) in [6.07, 6.45) is 4.37. The molecular weight excluding hydrogens is 248 g/mol. The van der Waals surface area contributed by atoms with Crippen molar-refractivity contribution >= 4 is 11.0 Å². The molecule has 0 fully saturated rings. The first-order valence-corrected chi connectivity index (χ1v) is 5.42. The molecule has 0 aliphatic carbocycles. The van der Waals surface area contributed by atoms with Gasteiger partial charge in [0.15, 0.2) is 5.58 Å². The highest BCUT2D eigenvalue weighted by atomic mass is 16.4. The van der Waals surface area contributed by atoms with Crippen molar-refractivity contribution in [2.75, 3.05) is 0 Å². The van der Waals surface area contributed by atoms with Crippen LogP contribution in [0.1, 0.15) is 0 Å². The van der Waals surface area contributed by atoms with E-state index in [9.17, 15) is 15.0 Å². The first-order chi connectivity index (χ1) is 9.16. The molecule has 0 spiro atoms. The largest absolute Gasteiger partial charge is 0.507 e. The third-order valence-corrected chi connectivity index (χ3v) is 2.69. The second kappa shape index (κ2) is 4.09. The van der Waals surface area contributed by atoms with Gasteiger partial charge in [-0.2, -0.15) is 0 Å². The summed E-state index contributed by atoms with van der Waals surface area (Å²) in [7, 11) is 0. The molecule has 3 aromatic rings. The number of phenolic OH excluding ortho intramolecular Hbond substituents is 2. The topological polar surface area (TPSA) is 96.5 Å². The monoisotopic (exact) mass is 256 g/mol. The van der Waals surface area contributed by atoms with E-state index in [1.807, 2.05) is 0 Å². The average molecular weight is 256 g/mol. The molecule has 19 heavy (non-hydrogen) atoms. The van der Waals surface area contributed by atoms with Crippen molar-refractivity contribution < 1.29 is 14.6 Å². The standard InChI is InChI=1S/C13H8N2O4/c16-9-5-10(17)12(8-6-14-3-4-15-8)13-7(9)1-2-11(18)19-13/h1-6,16-17H. The second-order valence-electron chi connectivity index (χ2n) is 3.88. The predicted molar refractivity (Wildman–Crippen MR) is 66.8 cm³/mol. The molecule has 2 aromatic heterocycles. The van der Waals surface area contributed by atoms with Crippen LogP contribution in [0.2, 0.25) is 0 Å². The van der Waals surface area contributed by atoms with Gasteiger partial charge >= 0.3 is 5.63 Å². The molecule has 3 rings (SSSR count). The van der Waals surface area contributed by atoms with E-state index in [0.717, 1.165) is 0 Å². The summed E-state index contributed by atoms with van der Waals surface area (Å²) in [5.41, 5.74) is 0.0612. The van der Waals surface area contributed by atoms with E-state index in [2.05, 4.69) is 9.97 Å². The Bertz CT molecular complexity index is 812. The van der Waals surface area contributed by atoms with E-state index in [1.54, 1.807) is 0 Å². The Hall–Kier alpha value is -2.89. The van der Waals surface area contributed by atoms with Gasteiger partial charge in [0.05, 0.1) is 22.8 Å². The van der Waals surface area contributed by atoms with Crippen LogP contribution in [0.4, 0.5) is 0 Å². The molecule has 0 bridgehead atoms. The highest BCUT2D eigenvalue weighted by molar-refractivity contribution is 5.97. The van der Waals surface area contributed by atoms with E-state index in [-0.39, 0.29) is 22.6 Å². The summed E-state index contributed by atoms with van der Waals surface area (Å²) in [5.74, 6) is -0.413. The average Bonchev–Trinajstić information content (AvgIpc) is 2.39. The van der Waals surface area contributed by atoms with Crippen LogP contribution in [0.25, 0.3) is 22.2 Å². The van der Waals surface area contributed by atoms with Crippen LogP contribution in [-0.2, 0) is 0 Å². The van der Waals surface area contributed by atoms with Gasteiger partial charge in [0, 0.05) is 24.5 Å². The normalized spacial score (nSPS) is 10.7. The van der Waals surface area contributed by atoms with E-state index in [4.69, 9.17) is 4.42 Å². The number of phenols is 2. The number of aromatic hydroxyl groups is 2. The molecule has 2 N–H and O–H groups in total. The lowest BCUT2D eigenvalue weighted by Crippen LogP contribution is -1.97.